The molecule has 43 heavy (non-hydrogen) atoms. The predicted molar refractivity (Wildman–Crippen MR) is 179 cm³/mol. The van der Waals surface area contributed by atoms with Crippen LogP contribution in [0.4, 0.5) is 0 Å². The fourth-order valence-electron chi connectivity index (χ4n) is 5.16. The van der Waals surface area contributed by atoms with Crippen LogP contribution in [-0.4, -0.2) is 29.9 Å². The van der Waals surface area contributed by atoms with Crippen molar-refractivity contribution >= 4 is 75.7 Å². The number of thiazole rings is 2. The zero-order valence-electron chi connectivity index (χ0n) is 22.3. The molecule has 9 aromatic rings. The quantitative estimate of drug-likeness (QED) is 0.199. The zero-order chi connectivity index (χ0) is 28.3. The Morgan fingerprint density at radius 2 is 0.674 bits per heavy atom. The standard InChI is InChI=1S/C34H18N6S3/c1-3-7-19(8-4-1)21-11-15-23(16-12-21)29-37-27-33(41-29)39-31-25(35-27)26-32(43-31)40-34-28(36-26)38-30(42-34)24-17-13-22(14-18-24)20-9-5-2-6-10-20/h1-18H. The Kier molecular flexibility index (Phi) is 5.62. The largest absolute Gasteiger partial charge is 0.221 e. The van der Waals surface area contributed by atoms with Gasteiger partial charge in [-0.1, -0.05) is 143 Å². The SMILES string of the molecule is c1ccc(-c2ccc(-c3nc4nc5c(nc4s3)sc3nc4sc(-c6ccc(-c7ccccc7)cc6)nc4nc35)cc2)cc1. The van der Waals surface area contributed by atoms with Crippen molar-refractivity contribution in [2.75, 3.05) is 0 Å². The van der Waals surface area contributed by atoms with E-state index in [4.69, 9.17) is 29.9 Å². The van der Waals surface area contributed by atoms with Gasteiger partial charge < -0.3 is 0 Å². The van der Waals surface area contributed by atoms with Gasteiger partial charge in [0.1, 0.15) is 30.7 Å². The minimum Gasteiger partial charge on any atom is -0.221 e. The van der Waals surface area contributed by atoms with Gasteiger partial charge in [0.05, 0.1) is 0 Å². The molecule has 6 nitrogen and oxygen atoms in total. The smallest absolute Gasteiger partial charge is 0.190 e. The molecule has 0 spiro atoms. The van der Waals surface area contributed by atoms with E-state index in [1.54, 1.807) is 22.7 Å². The van der Waals surface area contributed by atoms with Crippen LogP contribution in [-0.2, 0) is 0 Å². The highest BCUT2D eigenvalue weighted by Gasteiger charge is 2.18. The molecule has 202 valence electrons. The molecule has 0 radical (unpaired) electrons. The average Bonchev–Trinajstić information content (AvgIpc) is 3.78. The van der Waals surface area contributed by atoms with Gasteiger partial charge in [-0.15, -0.1) is 0 Å². The lowest BCUT2D eigenvalue weighted by atomic mass is 10.0. The van der Waals surface area contributed by atoms with Crippen molar-refractivity contribution < 1.29 is 0 Å². The number of hydrogen-bond acceptors (Lipinski definition) is 9. The number of benzene rings is 4. The predicted octanol–water partition coefficient (Wildman–Crippen LogP) is 9.52. The Morgan fingerprint density at radius 3 is 1.09 bits per heavy atom. The van der Waals surface area contributed by atoms with Crippen LogP contribution in [0.15, 0.2) is 109 Å². The van der Waals surface area contributed by atoms with Gasteiger partial charge in [-0.05, 0) is 22.3 Å². The van der Waals surface area contributed by atoms with Gasteiger partial charge in [0.15, 0.2) is 21.0 Å². The van der Waals surface area contributed by atoms with Gasteiger partial charge in [0.25, 0.3) is 0 Å². The van der Waals surface area contributed by atoms with Gasteiger partial charge in [-0.2, -0.15) is 0 Å². The number of hydrogen-bond donors (Lipinski definition) is 0. The summed E-state index contributed by atoms with van der Waals surface area (Å²) in [5.74, 6) is 0. The maximum atomic E-state index is 4.91. The maximum Gasteiger partial charge on any atom is 0.190 e. The van der Waals surface area contributed by atoms with E-state index in [9.17, 15) is 0 Å². The van der Waals surface area contributed by atoms with Crippen LogP contribution >= 0.6 is 34.0 Å². The molecule has 0 atom stereocenters. The van der Waals surface area contributed by atoms with E-state index in [-0.39, 0.29) is 0 Å². The summed E-state index contributed by atoms with van der Waals surface area (Å²) in [4.78, 5) is 32.6. The first-order valence-corrected chi connectivity index (χ1v) is 16.1. The third-order valence-corrected chi connectivity index (χ3v) is 10.3. The molecule has 0 bridgehead atoms. The molecule has 5 aromatic heterocycles. The summed E-state index contributed by atoms with van der Waals surface area (Å²) >= 11 is 4.61. The molecule has 5 heterocycles. The van der Waals surface area contributed by atoms with Crippen molar-refractivity contribution in [2.24, 2.45) is 0 Å². The first-order chi connectivity index (χ1) is 21.2. The van der Waals surface area contributed by atoms with E-state index in [0.29, 0.717) is 11.3 Å². The molecule has 0 aliphatic carbocycles. The Labute approximate surface area is 257 Å². The van der Waals surface area contributed by atoms with Crippen molar-refractivity contribution in [2.45, 2.75) is 0 Å². The molecule has 0 aliphatic heterocycles. The van der Waals surface area contributed by atoms with Crippen LogP contribution in [0.5, 0.6) is 0 Å². The monoisotopic (exact) mass is 606 g/mol. The van der Waals surface area contributed by atoms with Crippen molar-refractivity contribution in [3.05, 3.63) is 109 Å². The highest BCUT2D eigenvalue weighted by Crippen LogP contribution is 2.37. The third kappa shape index (κ3) is 4.28. The lowest BCUT2D eigenvalue weighted by Gasteiger charge is -2.02. The maximum absolute atomic E-state index is 4.91. The van der Waals surface area contributed by atoms with Crippen LogP contribution in [0.2, 0.25) is 0 Å². The first kappa shape index (κ1) is 24.6. The summed E-state index contributed by atoms with van der Waals surface area (Å²) in [6, 6.07) is 37.7. The molecule has 0 amide bonds. The van der Waals surface area contributed by atoms with Gasteiger partial charge in [0.2, 0.25) is 0 Å². The molecule has 9 rings (SSSR count). The van der Waals surface area contributed by atoms with Gasteiger partial charge >= 0.3 is 0 Å². The lowest BCUT2D eigenvalue weighted by molar-refractivity contribution is 1.33. The molecule has 0 saturated carbocycles. The van der Waals surface area contributed by atoms with Crippen LogP contribution in [0, 0.1) is 0 Å². The van der Waals surface area contributed by atoms with E-state index in [2.05, 4.69) is 97.1 Å². The Hall–Kier alpha value is -4.96. The number of thiophene rings is 1. The Balaban J connectivity index is 1.07. The van der Waals surface area contributed by atoms with Crippen molar-refractivity contribution in [1.82, 2.24) is 29.9 Å². The van der Waals surface area contributed by atoms with Crippen molar-refractivity contribution in [3.63, 3.8) is 0 Å². The van der Waals surface area contributed by atoms with Crippen LogP contribution in [0.3, 0.4) is 0 Å². The van der Waals surface area contributed by atoms with E-state index in [1.807, 2.05) is 12.1 Å². The number of nitrogens with zero attached hydrogens (tertiary/aromatic N) is 6. The van der Waals surface area contributed by atoms with E-state index in [1.165, 1.54) is 33.6 Å². The molecular weight excluding hydrogens is 589 g/mol. The molecule has 4 aromatic carbocycles. The average molecular weight is 607 g/mol. The number of fused-ring (bicyclic) bond motifs is 5. The highest BCUT2D eigenvalue weighted by atomic mass is 32.1. The van der Waals surface area contributed by atoms with Gasteiger partial charge in [-0.3, -0.25) is 0 Å². The number of rotatable bonds is 4. The normalized spacial score (nSPS) is 11.7. The van der Waals surface area contributed by atoms with Crippen LogP contribution in [0.1, 0.15) is 0 Å². The summed E-state index contributed by atoms with van der Waals surface area (Å²) in [6.07, 6.45) is 0. The molecule has 0 fully saturated rings. The summed E-state index contributed by atoms with van der Waals surface area (Å²) in [7, 11) is 0. The Morgan fingerprint density at radius 1 is 0.302 bits per heavy atom. The van der Waals surface area contributed by atoms with Crippen LogP contribution < -0.4 is 0 Å². The second-order valence-electron chi connectivity index (χ2n) is 10.0. The summed E-state index contributed by atoms with van der Waals surface area (Å²) in [6.45, 7) is 0. The van der Waals surface area contributed by atoms with E-state index in [0.717, 1.165) is 51.5 Å². The molecule has 0 unspecified atom stereocenters. The fraction of sp³-hybridized carbons (Fsp3) is 0. The van der Waals surface area contributed by atoms with Crippen molar-refractivity contribution in [3.8, 4) is 43.4 Å². The Bertz CT molecular complexity index is 2260. The highest BCUT2D eigenvalue weighted by molar-refractivity contribution is 7.26. The number of aromatic nitrogens is 6. The van der Waals surface area contributed by atoms with E-state index >= 15 is 0 Å². The van der Waals surface area contributed by atoms with Gasteiger partial charge in [0, 0.05) is 11.1 Å². The molecular formula is C34H18N6S3. The molecule has 0 aliphatic rings. The topological polar surface area (TPSA) is 77.3 Å². The molecule has 0 saturated heterocycles. The summed E-state index contributed by atoms with van der Waals surface area (Å²) in [5.41, 5.74) is 9.52. The fourth-order valence-corrected chi connectivity index (χ4v) is 7.99. The van der Waals surface area contributed by atoms with Crippen LogP contribution in [0.25, 0.3) is 85.0 Å². The minimum absolute atomic E-state index is 0.624. The lowest BCUT2D eigenvalue weighted by Crippen LogP contribution is -1.85. The second-order valence-corrected chi connectivity index (χ2v) is 13.0. The second kappa shape index (κ2) is 9.81. The van der Waals surface area contributed by atoms with Crippen molar-refractivity contribution in [1.29, 1.82) is 0 Å². The summed E-state index contributed by atoms with van der Waals surface area (Å²) < 4.78 is 0. The molecule has 0 N–H and O–H groups in total. The first-order valence-electron chi connectivity index (χ1n) is 13.6. The summed E-state index contributed by atoms with van der Waals surface area (Å²) in [5, 5.41) is 1.79. The van der Waals surface area contributed by atoms with E-state index < -0.39 is 0 Å². The zero-order valence-corrected chi connectivity index (χ0v) is 24.7. The third-order valence-electron chi connectivity index (χ3n) is 7.33. The minimum atomic E-state index is 0.624. The van der Waals surface area contributed by atoms with Gasteiger partial charge in [-0.25, -0.2) is 29.9 Å². The molecule has 9 heteroatoms.